The molecule has 0 spiro atoms. The predicted octanol–water partition coefficient (Wildman–Crippen LogP) is 3.14. The van der Waals surface area contributed by atoms with Crippen LogP contribution in [0.2, 0.25) is 0 Å². The van der Waals surface area contributed by atoms with Crippen LogP contribution in [0.5, 0.6) is 5.75 Å². The molecule has 25 heavy (non-hydrogen) atoms. The van der Waals surface area contributed by atoms with Gasteiger partial charge in [0.2, 0.25) is 0 Å². The van der Waals surface area contributed by atoms with Crippen LogP contribution in [0.25, 0.3) is 0 Å². The smallest absolute Gasteiger partial charge is 0.342 e. The number of para-hydroxylation sites is 1. The number of hydrogen-bond donors (Lipinski definition) is 0. The van der Waals surface area contributed by atoms with Gasteiger partial charge in [-0.25, -0.2) is 4.79 Å². The lowest BCUT2D eigenvalue weighted by Crippen LogP contribution is -2.38. The Bertz CT molecular complexity index is 815. The van der Waals surface area contributed by atoms with Gasteiger partial charge in [-0.2, -0.15) is 0 Å². The van der Waals surface area contributed by atoms with E-state index in [1.165, 1.54) is 7.11 Å². The number of amides is 1. The van der Waals surface area contributed by atoms with Crippen LogP contribution in [0.4, 0.5) is 5.69 Å². The summed E-state index contributed by atoms with van der Waals surface area (Å²) >= 11 is 0. The molecule has 1 atom stereocenters. The van der Waals surface area contributed by atoms with Crippen molar-refractivity contribution in [3.8, 4) is 5.75 Å². The molecule has 0 fully saturated rings. The zero-order chi connectivity index (χ0) is 18.0. The van der Waals surface area contributed by atoms with Crippen LogP contribution in [-0.2, 0) is 16.0 Å². The van der Waals surface area contributed by atoms with E-state index >= 15 is 0 Å². The molecule has 130 valence electrons. The molecule has 3 rings (SSSR count). The number of rotatable bonds is 4. The number of carbonyl (C=O) groups is 2. The Morgan fingerprint density at radius 1 is 1.20 bits per heavy atom. The first-order valence-electron chi connectivity index (χ1n) is 8.23. The number of carbonyl (C=O) groups excluding carboxylic acids is 2. The van der Waals surface area contributed by atoms with Crippen molar-refractivity contribution >= 4 is 17.6 Å². The number of methoxy groups -OCH3 is 1. The van der Waals surface area contributed by atoms with Crippen molar-refractivity contribution in [3.63, 3.8) is 0 Å². The summed E-state index contributed by atoms with van der Waals surface area (Å²) in [7, 11) is 1.50. The standard InChI is InChI=1S/C20H21NO4/c1-13-8-9-18(24-3)16(10-13)20(23)25-12-19(22)21-14(2)11-15-6-4-5-7-17(15)21/h4-10,14H,11-12H2,1-3H3/t14-/m0/s1. The molecule has 0 aliphatic carbocycles. The van der Waals surface area contributed by atoms with Gasteiger partial charge in [0.15, 0.2) is 6.61 Å². The predicted molar refractivity (Wildman–Crippen MR) is 95.1 cm³/mol. The lowest BCUT2D eigenvalue weighted by molar-refractivity contribution is -0.122. The summed E-state index contributed by atoms with van der Waals surface area (Å²) in [4.78, 5) is 26.6. The molecule has 0 bridgehead atoms. The van der Waals surface area contributed by atoms with Gasteiger partial charge in [0.1, 0.15) is 11.3 Å². The summed E-state index contributed by atoms with van der Waals surface area (Å²) in [6.07, 6.45) is 0.807. The first-order valence-corrected chi connectivity index (χ1v) is 8.23. The van der Waals surface area contributed by atoms with Gasteiger partial charge >= 0.3 is 5.97 Å². The van der Waals surface area contributed by atoms with Crippen LogP contribution < -0.4 is 9.64 Å². The molecule has 1 amide bonds. The summed E-state index contributed by atoms with van der Waals surface area (Å²) in [6, 6.07) is 13.1. The normalized spacial score (nSPS) is 15.6. The van der Waals surface area contributed by atoms with E-state index in [0.717, 1.165) is 23.2 Å². The molecule has 2 aromatic carbocycles. The SMILES string of the molecule is COc1ccc(C)cc1C(=O)OCC(=O)N1c2ccccc2C[C@@H]1C. The van der Waals surface area contributed by atoms with E-state index in [4.69, 9.17) is 9.47 Å². The fraction of sp³-hybridized carbons (Fsp3) is 0.300. The molecule has 5 heteroatoms. The van der Waals surface area contributed by atoms with Crippen LogP contribution in [-0.4, -0.2) is 31.6 Å². The van der Waals surface area contributed by atoms with Crippen molar-refractivity contribution in [3.05, 3.63) is 59.2 Å². The molecule has 0 aromatic heterocycles. The minimum absolute atomic E-state index is 0.0529. The number of ether oxygens (including phenoxy) is 2. The Kier molecular flexibility index (Phi) is 4.74. The van der Waals surface area contributed by atoms with E-state index in [-0.39, 0.29) is 18.6 Å². The Labute approximate surface area is 147 Å². The number of esters is 1. The van der Waals surface area contributed by atoms with Gasteiger partial charge < -0.3 is 14.4 Å². The second kappa shape index (κ2) is 6.97. The number of nitrogens with zero attached hydrogens (tertiary/aromatic N) is 1. The molecular weight excluding hydrogens is 318 g/mol. The highest BCUT2D eigenvalue weighted by molar-refractivity contribution is 5.99. The van der Waals surface area contributed by atoms with Crippen molar-refractivity contribution in [2.24, 2.45) is 0 Å². The first-order chi connectivity index (χ1) is 12.0. The highest BCUT2D eigenvalue weighted by Crippen LogP contribution is 2.31. The second-order valence-electron chi connectivity index (χ2n) is 6.23. The van der Waals surface area contributed by atoms with Crippen molar-refractivity contribution < 1.29 is 19.1 Å². The van der Waals surface area contributed by atoms with Gasteiger partial charge in [-0.3, -0.25) is 4.79 Å². The summed E-state index contributed by atoms with van der Waals surface area (Å²) in [5.74, 6) is -0.352. The minimum atomic E-state index is -0.561. The molecule has 0 saturated carbocycles. The zero-order valence-corrected chi connectivity index (χ0v) is 14.6. The molecule has 2 aromatic rings. The molecule has 5 nitrogen and oxygen atoms in total. The topological polar surface area (TPSA) is 55.8 Å². The Morgan fingerprint density at radius 2 is 1.96 bits per heavy atom. The third-order valence-corrected chi connectivity index (χ3v) is 4.38. The third kappa shape index (κ3) is 3.36. The van der Waals surface area contributed by atoms with Gasteiger partial charge in [0.05, 0.1) is 7.11 Å². The molecule has 1 aliphatic rings. The molecule has 0 unspecified atom stereocenters. The van der Waals surface area contributed by atoms with Crippen LogP contribution in [0.3, 0.4) is 0 Å². The average Bonchev–Trinajstić information content (AvgIpc) is 2.95. The van der Waals surface area contributed by atoms with E-state index in [1.54, 1.807) is 17.0 Å². The molecule has 0 N–H and O–H groups in total. The number of hydrogen-bond acceptors (Lipinski definition) is 4. The van der Waals surface area contributed by atoms with Gasteiger partial charge in [-0.15, -0.1) is 0 Å². The van der Waals surface area contributed by atoms with E-state index in [0.29, 0.717) is 11.3 Å². The molecule has 0 saturated heterocycles. The summed E-state index contributed by atoms with van der Waals surface area (Å²) in [6.45, 7) is 3.57. The lowest BCUT2D eigenvalue weighted by atomic mass is 10.1. The van der Waals surface area contributed by atoms with E-state index < -0.39 is 5.97 Å². The maximum Gasteiger partial charge on any atom is 0.342 e. The van der Waals surface area contributed by atoms with Crippen molar-refractivity contribution in [1.29, 1.82) is 0 Å². The first kappa shape index (κ1) is 17.0. The van der Waals surface area contributed by atoms with Gasteiger partial charge in [-0.05, 0) is 44.0 Å². The molecular formula is C20H21NO4. The summed E-state index contributed by atoms with van der Waals surface area (Å²) < 4.78 is 10.4. The Balaban J connectivity index is 1.71. The average molecular weight is 339 g/mol. The summed E-state index contributed by atoms with van der Waals surface area (Å²) in [5.41, 5.74) is 3.27. The zero-order valence-electron chi connectivity index (χ0n) is 14.6. The third-order valence-electron chi connectivity index (χ3n) is 4.38. The van der Waals surface area contributed by atoms with E-state index in [2.05, 4.69) is 0 Å². The maximum absolute atomic E-state index is 12.6. The fourth-order valence-electron chi connectivity index (χ4n) is 3.20. The van der Waals surface area contributed by atoms with Crippen LogP contribution in [0, 0.1) is 6.92 Å². The number of fused-ring (bicyclic) bond motifs is 1. The molecule has 0 radical (unpaired) electrons. The highest BCUT2D eigenvalue weighted by Gasteiger charge is 2.31. The number of anilines is 1. The van der Waals surface area contributed by atoms with Gasteiger partial charge in [-0.1, -0.05) is 29.8 Å². The minimum Gasteiger partial charge on any atom is -0.496 e. The highest BCUT2D eigenvalue weighted by atomic mass is 16.5. The number of aryl methyl sites for hydroxylation is 1. The van der Waals surface area contributed by atoms with Gasteiger partial charge in [0.25, 0.3) is 5.91 Å². The van der Waals surface area contributed by atoms with Crippen molar-refractivity contribution in [2.75, 3.05) is 18.6 Å². The maximum atomic E-state index is 12.6. The van der Waals surface area contributed by atoms with E-state index in [1.807, 2.05) is 44.2 Å². The second-order valence-corrected chi connectivity index (χ2v) is 6.23. The van der Waals surface area contributed by atoms with E-state index in [9.17, 15) is 9.59 Å². The molecule has 1 aliphatic heterocycles. The van der Waals surface area contributed by atoms with Crippen molar-refractivity contribution in [1.82, 2.24) is 0 Å². The number of benzene rings is 2. The largest absolute Gasteiger partial charge is 0.496 e. The lowest BCUT2D eigenvalue weighted by Gasteiger charge is -2.22. The van der Waals surface area contributed by atoms with Crippen LogP contribution in [0.1, 0.15) is 28.4 Å². The Hall–Kier alpha value is -2.82. The monoisotopic (exact) mass is 339 g/mol. The summed E-state index contributed by atoms with van der Waals surface area (Å²) in [5, 5.41) is 0. The van der Waals surface area contributed by atoms with Crippen LogP contribution >= 0.6 is 0 Å². The molecule has 1 heterocycles. The van der Waals surface area contributed by atoms with Gasteiger partial charge in [0, 0.05) is 11.7 Å². The quantitative estimate of drug-likeness (QED) is 0.803. The van der Waals surface area contributed by atoms with Crippen molar-refractivity contribution in [2.45, 2.75) is 26.3 Å². The fourth-order valence-corrected chi connectivity index (χ4v) is 3.20. The Morgan fingerprint density at radius 3 is 2.72 bits per heavy atom. The van der Waals surface area contributed by atoms with Crippen LogP contribution in [0.15, 0.2) is 42.5 Å².